The van der Waals surface area contributed by atoms with Gasteiger partial charge in [-0.3, -0.25) is 14.9 Å². The molecule has 0 bridgehead atoms. The first-order valence-electron chi connectivity index (χ1n) is 9.25. The number of non-ortho nitro benzene ring substituents is 1. The van der Waals surface area contributed by atoms with Gasteiger partial charge in [-0.15, -0.1) is 0 Å². The number of hydrogen-bond acceptors (Lipinski definition) is 10. The number of fused-ring (bicyclic) bond motifs is 1. The van der Waals surface area contributed by atoms with Gasteiger partial charge in [0.15, 0.2) is 5.78 Å². The van der Waals surface area contributed by atoms with Gasteiger partial charge in [0.05, 0.1) is 24.7 Å². The van der Waals surface area contributed by atoms with E-state index in [0.717, 1.165) is 6.07 Å². The predicted octanol–water partition coefficient (Wildman–Crippen LogP) is 1.91. The van der Waals surface area contributed by atoms with Crippen LogP contribution in [0.5, 0.6) is 5.75 Å². The third-order valence-electron chi connectivity index (χ3n) is 4.90. The summed E-state index contributed by atoms with van der Waals surface area (Å²) in [6, 6.07) is 11.1. The molecule has 1 N–H and O–H groups in total. The fourth-order valence-corrected chi connectivity index (χ4v) is 3.48. The second-order valence-corrected chi connectivity index (χ2v) is 6.63. The topological polar surface area (TPSA) is 151 Å². The maximum Gasteiger partial charge on any atom is 0.355 e. The molecule has 2 heterocycles. The number of ether oxygens (including phenoxy) is 2. The molecule has 1 aromatic heterocycles. The number of aromatic nitrogens is 4. The Bertz CT molecular complexity index is 1270. The molecule has 0 fully saturated rings. The average molecular weight is 436 g/mol. The lowest BCUT2D eigenvalue weighted by atomic mass is 9.89. The summed E-state index contributed by atoms with van der Waals surface area (Å²) in [4.78, 5) is 36.9. The highest BCUT2D eigenvalue weighted by Gasteiger charge is 2.39. The third kappa shape index (κ3) is 3.43. The highest BCUT2D eigenvalue weighted by Crippen LogP contribution is 2.40. The number of rotatable bonds is 6. The van der Waals surface area contributed by atoms with Crippen molar-refractivity contribution in [3.05, 3.63) is 81.0 Å². The monoisotopic (exact) mass is 436 g/mol. The summed E-state index contributed by atoms with van der Waals surface area (Å²) in [6.45, 7) is 0. The molecule has 12 heteroatoms. The number of nitro benzene ring substituents is 1. The minimum absolute atomic E-state index is 0.00817. The van der Waals surface area contributed by atoms with Crippen molar-refractivity contribution in [2.45, 2.75) is 6.04 Å². The number of carbonyl (C=O) groups excluding carboxylic acids is 2. The molecule has 0 saturated heterocycles. The van der Waals surface area contributed by atoms with Gasteiger partial charge in [-0.05, 0) is 16.5 Å². The highest BCUT2D eigenvalue weighted by atomic mass is 16.6. The lowest BCUT2D eigenvalue weighted by Crippen LogP contribution is -2.33. The van der Waals surface area contributed by atoms with E-state index in [4.69, 9.17) is 9.47 Å². The maximum atomic E-state index is 13.7. The summed E-state index contributed by atoms with van der Waals surface area (Å²) in [5.41, 5.74) is 0.00899. The van der Waals surface area contributed by atoms with E-state index in [2.05, 4.69) is 20.8 Å². The molecule has 32 heavy (non-hydrogen) atoms. The lowest BCUT2D eigenvalue weighted by molar-refractivity contribution is -0.384. The predicted molar refractivity (Wildman–Crippen MR) is 109 cm³/mol. The molecule has 0 spiro atoms. The quantitative estimate of drug-likeness (QED) is 0.262. The van der Waals surface area contributed by atoms with Crippen molar-refractivity contribution in [3.63, 3.8) is 0 Å². The van der Waals surface area contributed by atoms with Crippen LogP contribution >= 0.6 is 0 Å². The summed E-state index contributed by atoms with van der Waals surface area (Å²) < 4.78 is 11.7. The van der Waals surface area contributed by atoms with Crippen molar-refractivity contribution in [1.82, 2.24) is 20.2 Å². The molecule has 12 nitrogen and oxygen atoms in total. The number of allylic oxidation sites excluding steroid dienone is 1. The Hall–Kier alpha value is -4.61. The van der Waals surface area contributed by atoms with Crippen molar-refractivity contribution in [1.29, 1.82) is 0 Å². The van der Waals surface area contributed by atoms with E-state index >= 15 is 0 Å². The van der Waals surface area contributed by atoms with Gasteiger partial charge in [-0.1, -0.05) is 35.4 Å². The standard InChI is InChI=1S/C20H16N6O6/c1-31-14-9-4-3-8-13(14)17-15(18(27)11-6-5-7-12(10-11)26(29)30)16(19(28)32-2)21-20-22-23-24-25(17)20/h3-10,17H,1-2H3,(H,21,22,24)/t17-/m0/s1. The van der Waals surface area contributed by atoms with E-state index < -0.39 is 22.7 Å². The van der Waals surface area contributed by atoms with E-state index in [0.29, 0.717) is 11.3 Å². The van der Waals surface area contributed by atoms with E-state index in [1.165, 1.54) is 37.1 Å². The number of esters is 1. The van der Waals surface area contributed by atoms with Crippen molar-refractivity contribution >= 4 is 23.4 Å². The Morgan fingerprint density at radius 3 is 2.66 bits per heavy atom. The number of nitro groups is 1. The van der Waals surface area contributed by atoms with Gasteiger partial charge in [-0.2, -0.15) is 4.68 Å². The fraction of sp³-hybridized carbons (Fsp3) is 0.150. The molecule has 1 atom stereocenters. The number of benzene rings is 2. The fourth-order valence-electron chi connectivity index (χ4n) is 3.48. The maximum absolute atomic E-state index is 13.7. The normalized spacial score (nSPS) is 14.9. The molecule has 0 amide bonds. The van der Waals surface area contributed by atoms with Gasteiger partial charge in [0.2, 0.25) is 5.95 Å². The number of nitrogens with one attached hydrogen (secondary N) is 1. The Kier molecular flexibility index (Phi) is 5.33. The molecule has 162 valence electrons. The van der Waals surface area contributed by atoms with Crippen LogP contribution in [0.3, 0.4) is 0 Å². The van der Waals surface area contributed by atoms with Crippen LogP contribution in [-0.4, -0.2) is 51.1 Å². The van der Waals surface area contributed by atoms with Gasteiger partial charge >= 0.3 is 5.97 Å². The van der Waals surface area contributed by atoms with Crippen LogP contribution in [0.2, 0.25) is 0 Å². The molecule has 0 saturated carbocycles. The van der Waals surface area contributed by atoms with E-state index in [1.807, 2.05) is 0 Å². The van der Waals surface area contributed by atoms with Crippen LogP contribution in [-0.2, 0) is 9.53 Å². The molecule has 0 radical (unpaired) electrons. The molecular formula is C20H16N6O6. The number of para-hydroxylation sites is 1. The van der Waals surface area contributed by atoms with Crippen molar-refractivity contribution < 1.29 is 24.0 Å². The number of nitrogens with zero attached hydrogens (tertiary/aromatic N) is 5. The highest BCUT2D eigenvalue weighted by molar-refractivity contribution is 6.15. The van der Waals surface area contributed by atoms with E-state index in [1.54, 1.807) is 24.3 Å². The first-order chi connectivity index (χ1) is 15.5. The first-order valence-corrected chi connectivity index (χ1v) is 9.25. The Morgan fingerprint density at radius 1 is 1.16 bits per heavy atom. The summed E-state index contributed by atoms with van der Waals surface area (Å²) >= 11 is 0. The lowest BCUT2D eigenvalue weighted by Gasteiger charge is -2.28. The zero-order valence-corrected chi connectivity index (χ0v) is 16.9. The number of carbonyl (C=O) groups is 2. The third-order valence-corrected chi connectivity index (χ3v) is 4.90. The van der Waals surface area contributed by atoms with Crippen molar-refractivity contribution in [2.24, 2.45) is 0 Å². The smallest absolute Gasteiger partial charge is 0.355 e. The first kappa shape index (κ1) is 20.7. The second kappa shape index (κ2) is 8.26. The number of hydrogen-bond donors (Lipinski definition) is 1. The molecule has 0 aliphatic carbocycles. The number of anilines is 1. The molecule has 2 aromatic carbocycles. The Morgan fingerprint density at radius 2 is 1.94 bits per heavy atom. The number of ketones is 1. The zero-order chi connectivity index (χ0) is 22.8. The number of methoxy groups -OCH3 is 2. The SMILES string of the molecule is COC(=O)C1=C(C(=O)c2cccc([N+](=O)[O-])c2)[C@H](c2ccccc2OC)n2nnnc2N1. The van der Waals surface area contributed by atoms with Gasteiger partial charge in [0, 0.05) is 23.3 Å². The van der Waals surface area contributed by atoms with Gasteiger partial charge in [-0.25, -0.2) is 4.79 Å². The number of Topliss-reactive ketones (excluding diaryl/α,β-unsaturated/α-hetero) is 1. The molecule has 1 aliphatic rings. The number of tetrazole rings is 1. The molecule has 1 aliphatic heterocycles. The van der Waals surface area contributed by atoms with Crippen molar-refractivity contribution in [3.8, 4) is 5.75 Å². The molecular weight excluding hydrogens is 420 g/mol. The van der Waals surface area contributed by atoms with Gasteiger partial charge < -0.3 is 14.8 Å². The van der Waals surface area contributed by atoms with E-state index in [-0.39, 0.29) is 28.5 Å². The largest absolute Gasteiger partial charge is 0.496 e. The van der Waals surface area contributed by atoms with Crippen molar-refractivity contribution in [2.75, 3.05) is 19.5 Å². The minimum atomic E-state index is -0.974. The Balaban J connectivity index is 1.98. The Labute approximate surface area is 180 Å². The summed E-state index contributed by atoms with van der Waals surface area (Å²) in [6.07, 6.45) is 0. The second-order valence-electron chi connectivity index (χ2n) is 6.63. The van der Waals surface area contributed by atoms with Crippen LogP contribution in [0.25, 0.3) is 0 Å². The average Bonchev–Trinajstić information content (AvgIpc) is 3.30. The van der Waals surface area contributed by atoms with Gasteiger partial charge in [0.1, 0.15) is 17.5 Å². The minimum Gasteiger partial charge on any atom is -0.496 e. The zero-order valence-electron chi connectivity index (χ0n) is 16.9. The van der Waals surface area contributed by atoms with Gasteiger partial charge in [0.25, 0.3) is 5.69 Å². The van der Waals surface area contributed by atoms with Crippen LogP contribution < -0.4 is 10.1 Å². The summed E-state index contributed by atoms with van der Waals surface area (Å²) in [7, 11) is 2.63. The molecule has 4 rings (SSSR count). The molecule has 3 aromatic rings. The van der Waals surface area contributed by atoms with Crippen LogP contribution in [0.4, 0.5) is 11.6 Å². The summed E-state index contributed by atoms with van der Waals surface area (Å²) in [5, 5.41) is 25.4. The summed E-state index contributed by atoms with van der Waals surface area (Å²) in [5.74, 6) is -0.933. The van der Waals surface area contributed by atoms with Crippen LogP contribution in [0.15, 0.2) is 59.8 Å². The van der Waals surface area contributed by atoms with Crippen LogP contribution in [0.1, 0.15) is 22.0 Å². The molecule has 0 unspecified atom stereocenters. The van der Waals surface area contributed by atoms with E-state index in [9.17, 15) is 19.7 Å². The van der Waals surface area contributed by atoms with Crippen LogP contribution in [0, 0.1) is 10.1 Å².